The molecule has 2 aromatic carbocycles. The second-order valence-electron chi connectivity index (χ2n) is 11.2. The van der Waals surface area contributed by atoms with E-state index in [2.05, 4.69) is 47.0 Å². The molecule has 0 saturated carbocycles. The summed E-state index contributed by atoms with van der Waals surface area (Å²) in [6, 6.07) is 13.1. The van der Waals surface area contributed by atoms with E-state index in [4.69, 9.17) is 0 Å². The number of likely N-dealkylation sites (N-methyl/N-ethyl adjacent to an activating group) is 1. The molecular weight excluding hydrogens is 539 g/mol. The molecule has 42 heavy (non-hydrogen) atoms. The predicted octanol–water partition coefficient (Wildman–Crippen LogP) is 6.18. The summed E-state index contributed by atoms with van der Waals surface area (Å²) in [6.45, 7) is 9.40. The first kappa shape index (κ1) is 29.4. The maximum absolute atomic E-state index is 14.0. The monoisotopic (exact) mass is 573 g/mol. The lowest BCUT2D eigenvalue weighted by molar-refractivity contribution is -0.138. The average molecular weight is 574 g/mol. The first-order valence-corrected chi connectivity index (χ1v) is 14.0. The number of fused-ring (bicyclic) bond motifs is 1. The first-order valence-electron chi connectivity index (χ1n) is 14.0. The van der Waals surface area contributed by atoms with Crippen molar-refractivity contribution < 1.29 is 18.0 Å². The Morgan fingerprint density at radius 3 is 2.50 bits per heavy atom. The van der Waals surface area contributed by atoms with Gasteiger partial charge in [-0.1, -0.05) is 38.0 Å². The lowest BCUT2D eigenvalue weighted by Gasteiger charge is -2.33. The number of anilines is 1. The first-order chi connectivity index (χ1) is 20.0. The van der Waals surface area contributed by atoms with Crippen LogP contribution in [-0.2, 0) is 12.7 Å². The molecule has 5 rings (SSSR count). The summed E-state index contributed by atoms with van der Waals surface area (Å²) in [5, 5.41) is 2.64. The number of piperazine rings is 1. The Morgan fingerprint density at radius 1 is 1.02 bits per heavy atom. The third-order valence-corrected chi connectivity index (χ3v) is 7.68. The van der Waals surface area contributed by atoms with Crippen molar-refractivity contribution in [3.8, 4) is 11.8 Å². The molecule has 1 N–H and O–H groups in total. The standard InChI is InChI=1S/C33H34F3N5O/c1-22(2)26-9-12-31-37-19-29(41(31)21-26)11-8-24-17-25(6-5-23(24)3)32(42)38-28-10-7-27(30(18-28)33(34,35)36)20-40-15-13-39(4)14-16-40/h5-7,9-10,12,17-19,21-22H,13-16,20H2,1-4H3,(H,38,42). The summed E-state index contributed by atoms with van der Waals surface area (Å²) in [5.74, 6) is 6.16. The highest BCUT2D eigenvalue weighted by Gasteiger charge is 2.34. The second-order valence-corrected chi connectivity index (χ2v) is 11.2. The summed E-state index contributed by atoms with van der Waals surface area (Å²) in [7, 11) is 2.00. The third kappa shape index (κ3) is 6.67. The molecule has 9 heteroatoms. The Hall–Kier alpha value is -4.13. The summed E-state index contributed by atoms with van der Waals surface area (Å²) in [6.07, 6.45) is -0.799. The molecule has 2 aromatic heterocycles. The summed E-state index contributed by atoms with van der Waals surface area (Å²) in [4.78, 5) is 21.7. The van der Waals surface area contributed by atoms with Crippen LogP contribution in [0.3, 0.4) is 0 Å². The summed E-state index contributed by atoms with van der Waals surface area (Å²) < 4.78 is 43.9. The molecule has 0 atom stereocenters. The molecule has 0 radical (unpaired) electrons. The lowest BCUT2D eigenvalue weighted by Crippen LogP contribution is -2.44. The minimum Gasteiger partial charge on any atom is -0.322 e. The fourth-order valence-corrected chi connectivity index (χ4v) is 4.97. The molecule has 1 aliphatic heterocycles. The molecule has 1 saturated heterocycles. The van der Waals surface area contributed by atoms with Crippen LogP contribution in [0.4, 0.5) is 18.9 Å². The van der Waals surface area contributed by atoms with Gasteiger partial charge in [-0.2, -0.15) is 13.2 Å². The molecule has 1 amide bonds. The fourth-order valence-electron chi connectivity index (χ4n) is 4.97. The number of hydrogen-bond donors (Lipinski definition) is 1. The van der Waals surface area contributed by atoms with Crippen LogP contribution >= 0.6 is 0 Å². The molecule has 3 heterocycles. The highest BCUT2D eigenvalue weighted by atomic mass is 19.4. The normalized spacial score (nSPS) is 14.7. The van der Waals surface area contributed by atoms with Crippen molar-refractivity contribution in [2.75, 3.05) is 38.5 Å². The van der Waals surface area contributed by atoms with Gasteiger partial charge in [0.1, 0.15) is 11.3 Å². The van der Waals surface area contributed by atoms with Crippen LogP contribution in [0.2, 0.25) is 0 Å². The van der Waals surface area contributed by atoms with Gasteiger partial charge in [-0.15, -0.1) is 0 Å². The van der Waals surface area contributed by atoms with E-state index in [9.17, 15) is 18.0 Å². The van der Waals surface area contributed by atoms with Gasteiger partial charge in [0.25, 0.3) is 5.91 Å². The minimum atomic E-state index is -4.54. The number of nitrogens with zero attached hydrogens (tertiary/aromatic N) is 4. The number of hydrogen-bond acceptors (Lipinski definition) is 4. The zero-order chi connectivity index (χ0) is 30.0. The topological polar surface area (TPSA) is 52.9 Å². The van der Waals surface area contributed by atoms with Crippen LogP contribution in [0, 0.1) is 18.8 Å². The summed E-state index contributed by atoms with van der Waals surface area (Å²) in [5.41, 5.74) is 4.07. The molecule has 1 fully saturated rings. The maximum atomic E-state index is 14.0. The highest BCUT2D eigenvalue weighted by Crippen LogP contribution is 2.35. The number of imidazole rings is 1. The van der Waals surface area contributed by atoms with E-state index in [-0.39, 0.29) is 17.8 Å². The van der Waals surface area contributed by atoms with Gasteiger partial charge in [0.2, 0.25) is 0 Å². The molecular formula is C33H34F3N5O. The number of amides is 1. The average Bonchev–Trinajstić information content (AvgIpc) is 3.36. The quantitative estimate of drug-likeness (QED) is 0.290. The number of pyridine rings is 1. The van der Waals surface area contributed by atoms with Crippen LogP contribution in [0.5, 0.6) is 0 Å². The zero-order valence-electron chi connectivity index (χ0n) is 24.2. The van der Waals surface area contributed by atoms with E-state index in [1.54, 1.807) is 24.4 Å². The number of aromatic nitrogens is 2. The van der Waals surface area contributed by atoms with Gasteiger partial charge >= 0.3 is 6.18 Å². The fraction of sp³-hybridized carbons (Fsp3) is 0.333. The number of nitrogens with one attached hydrogen (secondary N) is 1. The Morgan fingerprint density at radius 2 is 1.79 bits per heavy atom. The van der Waals surface area contributed by atoms with Gasteiger partial charge in [0.15, 0.2) is 0 Å². The Bertz CT molecular complexity index is 1670. The van der Waals surface area contributed by atoms with Gasteiger partial charge in [-0.05, 0) is 72.8 Å². The Kier molecular flexibility index (Phi) is 8.39. The third-order valence-electron chi connectivity index (χ3n) is 7.68. The van der Waals surface area contributed by atoms with E-state index in [0.29, 0.717) is 30.1 Å². The predicted molar refractivity (Wildman–Crippen MR) is 159 cm³/mol. The van der Waals surface area contributed by atoms with Gasteiger partial charge in [0.05, 0.1) is 11.8 Å². The van der Waals surface area contributed by atoms with Crippen LogP contribution in [0.25, 0.3) is 5.65 Å². The van der Waals surface area contributed by atoms with E-state index >= 15 is 0 Å². The SMILES string of the molecule is Cc1ccc(C(=O)Nc2ccc(CN3CCN(C)CC3)c(C(F)(F)F)c2)cc1C#Cc1cnc2ccc(C(C)C)cn12. The van der Waals surface area contributed by atoms with Crippen molar-refractivity contribution in [3.63, 3.8) is 0 Å². The number of carbonyl (C=O) groups is 1. The molecule has 0 spiro atoms. The molecule has 0 unspecified atom stereocenters. The molecule has 4 aromatic rings. The van der Waals surface area contributed by atoms with Gasteiger partial charge in [0, 0.05) is 55.7 Å². The van der Waals surface area contributed by atoms with Crippen molar-refractivity contribution in [2.45, 2.75) is 39.4 Å². The summed E-state index contributed by atoms with van der Waals surface area (Å²) >= 11 is 0. The molecule has 0 aliphatic carbocycles. The van der Waals surface area contributed by atoms with E-state index in [1.165, 1.54) is 17.7 Å². The number of rotatable bonds is 5. The van der Waals surface area contributed by atoms with Gasteiger partial charge < -0.3 is 10.2 Å². The van der Waals surface area contributed by atoms with Crippen molar-refractivity contribution in [3.05, 3.63) is 100.0 Å². The molecule has 1 aliphatic rings. The largest absolute Gasteiger partial charge is 0.416 e. The number of halogens is 3. The van der Waals surface area contributed by atoms with Crippen LogP contribution in [0.1, 0.15) is 63.6 Å². The number of benzene rings is 2. The van der Waals surface area contributed by atoms with E-state index in [1.807, 2.05) is 35.5 Å². The molecule has 0 bridgehead atoms. The van der Waals surface area contributed by atoms with Crippen LogP contribution < -0.4 is 5.32 Å². The molecule has 218 valence electrons. The maximum Gasteiger partial charge on any atom is 0.416 e. The van der Waals surface area contributed by atoms with Crippen molar-refractivity contribution in [1.29, 1.82) is 0 Å². The Balaban J connectivity index is 1.36. The number of carbonyl (C=O) groups excluding carboxylic acids is 1. The van der Waals surface area contributed by atoms with Crippen molar-refractivity contribution >= 4 is 17.2 Å². The van der Waals surface area contributed by atoms with E-state index in [0.717, 1.165) is 36.1 Å². The minimum absolute atomic E-state index is 0.0920. The smallest absolute Gasteiger partial charge is 0.322 e. The van der Waals surface area contributed by atoms with Crippen molar-refractivity contribution in [2.24, 2.45) is 0 Å². The Labute approximate surface area is 244 Å². The number of aryl methyl sites for hydroxylation is 1. The van der Waals surface area contributed by atoms with Crippen molar-refractivity contribution in [1.82, 2.24) is 19.2 Å². The van der Waals surface area contributed by atoms with Gasteiger partial charge in [-0.3, -0.25) is 14.1 Å². The van der Waals surface area contributed by atoms with Crippen LogP contribution in [0.15, 0.2) is 60.9 Å². The van der Waals surface area contributed by atoms with Crippen LogP contribution in [-0.4, -0.2) is 58.3 Å². The highest BCUT2D eigenvalue weighted by molar-refractivity contribution is 6.04. The second kappa shape index (κ2) is 12.0. The van der Waals surface area contributed by atoms with E-state index < -0.39 is 17.6 Å². The zero-order valence-corrected chi connectivity index (χ0v) is 24.2. The number of alkyl halides is 3. The molecule has 6 nitrogen and oxygen atoms in total. The lowest BCUT2D eigenvalue weighted by atomic mass is 10.0. The van der Waals surface area contributed by atoms with Gasteiger partial charge in [-0.25, -0.2) is 4.98 Å².